The van der Waals surface area contributed by atoms with Gasteiger partial charge in [-0.3, -0.25) is 20.4 Å². The largest absolute Gasteiger partial charge is 0.416 e. The maximum absolute atomic E-state index is 12.5. The van der Waals surface area contributed by atoms with Gasteiger partial charge in [-0.1, -0.05) is 51.1 Å². The molecule has 0 fully saturated rings. The number of carbonyl (C=O) groups excluding carboxylic acids is 2. The van der Waals surface area contributed by atoms with Crippen LogP contribution in [-0.4, -0.2) is 22.0 Å². The fraction of sp³-hybridized carbons (Fsp3) is 0.154. The molecule has 1 aromatic heterocycles. The Bertz CT molecular complexity index is 1270. The van der Waals surface area contributed by atoms with Crippen molar-refractivity contribution >= 4 is 11.8 Å². The van der Waals surface area contributed by atoms with E-state index in [1.807, 2.05) is 24.3 Å². The Hall–Kier alpha value is -4.26. The molecule has 0 bridgehead atoms. The minimum Gasteiger partial charge on any atom is -0.416 e. The number of carbonyl (C=O) groups is 2. The molecule has 4 rings (SSSR count). The van der Waals surface area contributed by atoms with E-state index in [-0.39, 0.29) is 5.41 Å². The Morgan fingerprint density at radius 1 is 0.788 bits per heavy atom. The summed E-state index contributed by atoms with van der Waals surface area (Å²) in [5.41, 5.74) is 8.23. The lowest BCUT2D eigenvalue weighted by atomic mass is 9.87. The highest BCUT2D eigenvalue weighted by Crippen LogP contribution is 2.27. The molecular weight excluding hydrogens is 416 g/mol. The van der Waals surface area contributed by atoms with E-state index in [1.165, 1.54) is 5.56 Å². The van der Waals surface area contributed by atoms with Crippen molar-refractivity contribution in [3.63, 3.8) is 0 Å². The molecule has 0 saturated heterocycles. The maximum atomic E-state index is 12.5. The smallest absolute Gasteiger partial charge is 0.269 e. The fourth-order valence-electron chi connectivity index (χ4n) is 3.16. The average Bonchev–Trinajstić information content (AvgIpc) is 3.33. The highest BCUT2D eigenvalue weighted by atomic mass is 16.4. The van der Waals surface area contributed by atoms with Crippen LogP contribution in [-0.2, 0) is 5.41 Å². The standard InChI is InChI=1S/C26H23N4O3/c1-26(2,3)21-14-12-18(13-15-21)24-29-30-25(33-24)20-11-7-10-19(16-20)23(32)28-27-22(31)17-8-5-4-6-9-17/h5-16H,1-3H3,(H,27,31)(H,28,32). The number of aromatic nitrogens is 2. The molecule has 0 aliphatic rings. The van der Waals surface area contributed by atoms with Crippen molar-refractivity contribution in [1.82, 2.24) is 21.0 Å². The van der Waals surface area contributed by atoms with Gasteiger partial charge in [0.15, 0.2) is 0 Å². The highest BCUT2D eigenvalue weighted by Gasteiger charge is 2.16. The predicted molar refractivity (Wildman–Crippen MR) is 124 cm³/mol. The molecule has 1 heterocycles. The van der Waals surface area contributed by atoms with Crippen LogP contribution in [0.2, 0.25) is 0 Å². The Balaban J connectivity index is 1.46. The predicted octanol–water partition coefficient (Wildman–Crippen LogP) is 4.58. The van der Waals surface area contributed by atoms with E-state index in [1.54, 1.807) is 48.5 Å². The molecule has 3 aromatic carbocycles. The SMILES string of the molecule is CC(C)(C)c1ccc(-c2nnc(-c3cccc(C(=O)NNC(=O)c4cc[c]cc4)c3)o2)cc1. The molecule has 0 aliphatic heterocycles. The summed E-state index contributed by atoms with van der Waals surface area (Å²) in [6.45, 7) is 6.46. The first-order valence-electron chi connectivity index (χ1n) is 10.4. The summed E-state index contributed by atoms with van der Waals surface area (Å²) in [7, 11) is 0. The van der Waals surface area contributed by atoms with Crippen LogP contribution in [0.3, 0.4) is 0 Å². The van der Waals surface area contributed by atoms with Crippen molar-refractivity contribution in [1.29, 1.82) is 0 Å². The van der Waals surface area contributed by atoms with Gasteiger partial charge in [-0.05, 0) is 59.5 Å². The normalized spacial score (nSPS) is 11.1. The lowest BCUT2D eigenvalue weighted by Crippen LogP contribution is -2.41. The van der Waals surface area contributed by atoms with E-state index in [9.17, 15) is 9.59 Å². The van der Waals surface area contributed by atoms with Crippen molar-refractivity contribution in [2.45, 2.75) is 26.2 Å². The first kappa shape index (κ1) is 22.0. The zero-order chi connectivity index (χ0) is 23.4. The third kappa shape index (κ3) is 5.15. The molecule has 33 heavy (non-hydrogen) atoms. The molecule has 2 amide bonds. The van der Waals surface area contributed by atoms with Gasteiger partial charge in [-0.25, -0.2) is 0 Å². The molecule has 2 N–H and O–H groups in total. The topological polar surface area (TPSA) is 97.1 Å². The summed E-state index contributed by atoms with van der Waals surface area (Å²) in [6, 6.07) is 24.0. The van der Waals surface area contributed by atoms with Gasteiger partial charge in [0.25, 0.3) is 11.8 Å². The molecule has 0 atom stereocenters. The van der Waals surface area contributed by atoms with Gasteiger partial charge >= 0.3 is 0 Å². The van der Waals surface area contributed by atoms with Crippen molar-refractivity contribution < 1.29 is 14.0 Å². The van der Waals surface area contributed by atoms with Crippen LogP contribution in [0.5, 0.6) is 0 Å². The minimum atomic E-state index is -0.467. The Morgan fingerprint density at radius 2 is 1.39 bits per heavy atom. The van der Waals surface area contributed by atoms with Crippen molar-refractivity contribution in [3.05, 3.63) is 95.6 Å². The Morgan fingerprint density at radius 3 is 2.03 bits per heavy atom. The van der Waals surface area contributed by atoms with Gasteiger partial charge in [0.1, 0.15) is 0 Å². The molecule has 0 unspecified atom stereocenters. The summed E-state index contributed by atoms with van der Waals surface area (Å²) in [5, 5.41) is 8.27. The van der Waals surface area contributed by atoms with E-state index in [4.69, 9.17) is 4.42 Å². The highest BCUT2D eigenvalue weighted by molar-refractivity contribution is 5.99. The van der Waals surface area contributed by atoms with Crippen LogP contribution in [0.15, 0.2) is 77.2 Å². The maximum Gasteiger partial charge on any atom is 0.269 e. The van der Waals surface area contributed by atoms with Crippen LogP contribution in [0.1, 0.15) is 47.1 Å². The third-order valence-electron chi connectivity index (χ3n) is 5.06. The fourth-order valence-corrected chi connectivity index (χ4v) is 3.16. The summed E-state index contributed by atoms with van der Waals surface area (Å²) in [6.07, 6.45) is 0. The van der Waals surface area contributed by atoms with Crippen molar-refractivity contribution in [2.24, 2.45) is 0 Å². The zero-order valence-corrected chi connectivity index (χ0v) is 18.5. The number of nitrogens with one attached hydrogen (secondary N) is 2. The van der Waals surface area contributed by atoms with Crippen LogP contribution >= 0.6 is 0 Å². The van der Waals surface area contributed by atoms with Gasteiger partial charge in [-0.2, -0.15) is 0 Å². The number of hydrogen-bond acceptors (Lipinski definition) is 5. The van der Waals surface area contributed by atoms with Crippen LogP contribution in [0.25, 0.3) is 22.9 Å². The Kier molecular flexibility index (Phi) is 6.04. The van der Waals surface area contributed by atoms with Crippen LogP contribution in [0.4, 0.5) is 0 Å². The van der Waals surface area contributed by atoms with Gasteiger partial charge in [-0.15, -0.1) is 10.2 Å². The number of benzene rings is 3. The number of hydrazine groups is 1. The molecular formula is C26H23N4O3. The van der Waals surface area contributed by atoms with Gasteiger partial charge in [0, 0.05) is 22.3 Å². The molecule has 7 nitrogen and oxygen atoms in total. The first-order chi connectivity index (χ1) is 15.8. The van der Waals surface area contributed by atoms with Gasteiger partial charge in [0.05, 0.1) is 0 Å². The lowest BCUT2D eigenvalue weighted by molar-refractivity contribution is 0.0846. The number of hydrogen-bond donors (Lipinski definition) is 2. The lowest BCUT2D eigenvalue weighted by Gasteiger charge is -2.18. The monoisotopic (exact) mass is 439 g/mol. The molecule has 0 saturated carbocycles. The molecule has 165 valence electrons. The number of rotatable bonds is 4. The second-order valence-corrected chi connectivity index (χ2v) is 8.52. The molecule has 0 aliphatic carbocycles. The summed E-state index contributed by atoms with van der Waals surface area (Å²) < 4.78 is 5.85. The van der Waals surface area contributed by atoms with Crippen LogP contribution < -0.4 is 10.9 Å². The summed E-state index contributed by atoms with van der Waals surface area (Å²) in [5.74, 6) is -0.200. The Labute approximate surface area is 191 Å². The van der Waals surface area contributed by atoms with Gasteiger partial charge in [0.2, 0.25) is 11.8 Å². The van der Waals surface area contributed by atoms with Gasteiger partial charge < -0.3 is 4.42 Å². The van der Waals surface area contributed by atoms with Crippen molar-refractivity contribution in [2.75, 3.05) is 0 Å². The molecule has 1 radical (unpaired) electrons. The zero-order valence-electron chi connectivity index (χ0n) is 18.5. The summed E-state index contributed by atoms with van der Waals surface area (Å²) >= 11 is 0. The van der Waals surface area contributed by atoms with E-state index >= 15 is 0 Å². The second kappa shape index (κ2) is 9.08. The third-order valence-corrected chi connectivity index (χ3v) is 5.06. The first-order valence-corrected chi connectivity index (χ1v) is 10.4. The van der Waals surface area contributed by atoms with E-state index in [0.717, 1.165) is 5.56 Å². The summed E-state index contributed by atoms with van der Waals surface area (Å²) in [4.78, 5) is 24.6. The molecule has 4 aromatic rings. The van der Waals surface area contributed by atoms with E-state index in [0.29, 0.717) is 28.5 Å². The van der Waals surface area contributed by atoms with Crippen LogP contribution in [0, 0.1) is 6.07 Å². The average molecular weight is 439 g/mol. The second-order valence-electron chi connectivity index (χ2n) is 8.52. The van der Waals surface area contributed by atoms with E-state index < -0.39 is 11.8 Å². The molecule has 7 heteroatoms. The number of amides is 2. The van der Waals surface area contributed by atoms with E-state index in [2.05, 4.69) is 47.9 Å². The quantitative estimate of drug-likeness (QED) is 0.454. The molecule has 0 spiro atoms. The number of nitrogens with zero attached hydrogens (tertiary/aromatic N) is 2. The minimum absolute atomic E-state index is 0.0543. The van der Waals surface area contributed by atoms with Crippen molar-refractivity contribution in [3.8, 4) is 22.9 Å².